The van der Waals surface area contributed by atoms with Gasteiger partial charge in [0.25, 0.3) is 0 Å². The summed E-state index contributed by atoms with van der Waals surface area (Å²) in [5.74, 6) is -1.26. The summed E-state index contributed by atoms with van der Waals surface area (Å²) in [5, 5.41) is 23.2. The fourth-order valence-corrected chi connectivity index (χ4v) is 11.4. The van der Waals surface area contributed by atoms with Crippen molar-refractivity contribution in [2.75, 3.05) is 6.61 Å². The molecule has 8 rings (SSSR count). The number of ketones is 2. The number of aliphatic hydroxyl groups is 2. The van der Waals surface area contributed by atoms with Crippen molar-refractivity contribution in [1.29, 1.82) is 0 Å². The van der Waals surface area contributed by atoms with Crippen LogP contribution in [0.25, 0.3) is 0 Å². The highest BCUT2D eigenvalue weighted by molar-refractivity contribution is 9.10. The van der Waals surface area contributed by atoms with E-state index in [1.807, 2.05) is 0 Å². The minimum absolute atomic E-state index is 0.00186. The molecule has 146 valence electrons. The molecule has 0 aromatic carbocycles. The Morgan fingerprint density at radius 1 is 1.15 bits per heavy atom. The van der Waals surface area contributed by atoms with Gasteiger partial charge >= 0.3 is 0 Å². The molecule has 6 saturated carbocycles. The third kappa shape index (κ3) is 1.14. The highest BCUT2D eigenvalue weighted by Gasteiger charge is 3.01. The van der Waals surface area contributed by atoms with Gasteiger partial charge in [-0.2, -0.15) is 0 Å². The molecule has 6 heteroatoms. The molecule has 0 amide bonds. The molecule has 6 aliphatic carbocycles. The molecule has 0 aromatic heterocycles. The van der Waals surface area contributed by atoms with E-state index in [0.717, 1.165) is 6.42 Å². The molecule has 2 spiro atoms. The van der Waals surface area contributed by atoms with Gasteiger partial charge in [-0.1, -0.05) is 36.7 Å². The number of alkyl halides is 1. The minimum atomic E-state index is -1.84. The standard InChI is InChI=1S/C21H25BrO5/c1-17(2)5-8(22)14(23)19-6-27-21(26,16(25)13(17)19)20-9(19)4-7-10-11(20)12(15(20)24)18(7,10)3/h7-13,16,25-26H,4-6H2,1-3H3/t7?,8?,9-,10+,11-,12?,13+,16-,18?,19-,20+,21+/m0/s1. The highest BCUT2D eigenvalue weighted by Crippen LogP contribution is 2.96. The number of ether oxygens (including phenoxy) is 1. The topological polar surface area (TPSA) is 83.8 Å². The second kappa shape index (κ2) is 3.86. The van der Waals surface area contributed by atoms with E-state index in [4.69, 9.17) is 4.74 Å². The van der Waals surface area contributed by atoms with Gasteiger partial charge in [-0.3, -0.25) is 9.59 Å². The Hall–Kier alpha value is -0.300. The molecule has 8 aliphatic rings. The molecule has 2 aliphatic heterocycles. The molecule has 27 heavy (non-hydrogen) atoms. The first kappa shape index (κ1) is 16.5. The Morgan fingerprint density at radius 2 is 1.85 bits per heavy atom. The Bertz CT molecular complexity index is 871. The van der Waals surface area contributed by atoms with Crippen molar-refractivity contribution in [2.24, 2.45) is 57.2 Å². The van der Waals surface area contributed by atoms with Crippen molar-refractivity contribution in [3.63, 3.8) is 0 Å². The van der Waals surface area contributed by atoms with Crippen LogP contribution in [0.2, 0.25) is 0 Å². The number of hydrogen-bond donors (Lipinski definition) is 2. The average molecular weight is 437 g/mol. The van der Waals surface area contributed by atoms with Crippen LogP contribution in [0.4, 0.5) is 0 Å². The monoisotopic (exact) mass is 436 g/mol. The second-order valence-electron chi connectivity index (χ2n) is 11.5. The van der Waals surface area contributed by atoms with E-state index in [0.29, 0.717) is 18.3 Å². The van der Waals surface area contributed by atoms with E-state index in [-0.39, 0.29) is 57.5 Å². The number of fused-ring (bicyclic) bond motifs is 3. The number of rotatable bonds is 0. The number of aliphatic hydroxyl groups excluding tert-OH is 1. The lowest BCUT2D eigenvalue weighted by Gasteiger charge is -2.79. The number of hydrogen-bond acceptors (Lipinski definition) is 5. The first-order valence-electron chi connectivity index (χ1n) is 10.3. The van der Waals surface area contributed by atoms with E-state index in [9.17, 15) is 19.8 Å². The first-order chi connectivity index (χ1) is 12.5. The Kier molecular flexibility index (Phi) is 2.36. The van der Waals surface area contributed by atoms with Crippen LogP contribution in [-0.2, 0) is 14.3 Å². The summed E-state index contributed by atoms with van der Waals surface area (Å²) in [6, 6.07) is 0. The average Bonchev–Trinajstić information content (AvgIpc) is 3.13. The minimum Gasteiger partial charge on any atom is -0.387 e. The van der Waals surface area contributed by atoms with Gasteiger partial charge < -0.3 is 14.9 Å². The predicted octanol–water partition coefficient (Wildman–Crippen LogP) is 1.53. The maximum atomic E-state index is 13.7. The summed E-state index contributed by atoms with van der Waals surface area (Å²) in [5.41, 5.74) is -2.21. The largest absolute Gasteiger partial charge is 0.387 e. The number of carbonyl (C=O) groups excluding carboxylic acids is 2. The molecule has 2 heterocycles. The zero-order valence-corrected chi connectivity index (χ0v) is 17.3. The van der Waals surface area contributed by atoms with Crippen LogP contribution in [0, 0.1) is 57.2 Å². The van der Waals surface area contributed by atoms with Gasteiger partial charge in [0.2, 0.25) is 5.79 Å². The van der Waals surface area contributed by atoms with Crippen molar-refractivity contribution in [3.05, 3.63) is 0 Å². The lowest BCUT2D eigenvalue weighted by Crippen LogP contribution is -2.91. The van der Waals surface area contributed by atoms with Gasteiger partial charge in [0.05, 0.1) is 22.3 Å². The highest BCUT2D eigenvalue weighted by atomic mass is 79.9. The molecule has 8 fully saturated rings. The SMILES string of the molecule is CC1(C)CC(Br)C(=O)[C@]23CO[C@](O)([C@@H](O)[C@H]12)[C@@]12C(=O)C4[C@@H]1[C@H]1C(C[C@@H]32)C41C. The van der Waals surface area contributed by atoms with Crippen molar-refractivity contribution >= 4 is 27.5 Å². The van der Waals surface area contributed by atoms with Gasteiger partial charge in [-0.15, -0.1) is 0 Å². The lowest BCUT2D eigenvalue weighted by atomic mass is 9.26. The van der Waals surface area contributed by atoms with Crippen LogP contribution < -0.4 is 0 Å². The van der Waals surface area contributed by atoms with Crippen LogP contribution >= 0.6 is 15.9 Å². The Morgan fingerprint density at radius 3 is 2.56 bits per heavy atom. The molecule has 5 nitrogen and oxygen atoms in total. The summed E-state index contributed by atoms with van der Waals surface area (Å²) >= 11 is 3.61. The normalized spacial score (nSPS) is 71.0. The van der Waals surface area contributed by atoms with E-state index >= 15 is 0 Å². The van der Waals surface area contributed by atoms with Gasteiger partial charge in [0.15, 0.2) is 5.78 Å². The zero-order valence-electron chi connectivity index (χ0n) is 15.7. The van der Waals surface area contributed by atoms with Crippen LogP contribution in [0.3, 0.4) is 0 Å². The third-order valence-corrected chi connectivity index (χ3v) is 11.6. The second-order valence-corrected chi connectivity index (χ2v) is 12.6. The van der Waals surface area contributed by atoms with Gasteiger partial charge in [-0.25, -0.2) is 0 Å². The summed E-state index contributed by atoms with van der Waals surface area (Å²) in [6.45, 7) is 6.50. The fraction of sp³-hybridized carbons (Fsp3) is 0.905. The Balaban J connectivity index is 1.52. The zero-order chi connectivity index (χ0) is 19.1. The summed E-state index contributed by atoms with van der Waals surface area (Å²) in [6.07, 6.45) is 0.235. The summed E-state index contributed by atoms with van der Waals surface area (Å²) in [4.78, 5) is 27.0. The van der Waals surface area contributed by atoms with E-state index in [1.54, 1.807) is 0 Å². The van der Waals surface area contributed by atoms with Gasteiger partial charge in [-0.05, 0) is 47.3 Å². The molecule has 0 aromatic rings. The number of carbonyl (C=O) groups is 2. The van der Waals surface area contributed by atoms with Crippen molar-refractivity contribution in [3.8, 4) is 0 Å². The summed E-state index contributed by atoms with van der Waals surface area (Å²) in [7, 11) is 0. The van der Waals surface area contributed by atoms with Crippen LogP contribution in [0.1, 0.15) is 33.6 Å². The van der Waals surface area contributed by atoms with Gasteiger partial charge in [0.1, 0.15) is 11.9 Å². The lowest BCUT2D eigenvalue weighted by molar-refractivity contribution is -0.453. The first-order valence-corrected chi connectivity index (χ1v) is 11.2. The quantitative estimate of drug-likeness (QED) is 0.562. The maximum absolute atomic E-state index is 13.7. The van der Waals surface area contributed by atoms with Crippen molar-refractivity contribution in [1.82, 2.24) is 0 Å². The molecular formula is C21H25BrO5. The van der Waals surface area contributed by atoms with Crippen LogP contribution in [-0.4, -0.2) is 45.1 Å². The molecular weight excluding hydrogens is 412 g/mol. The smallest absolute Gasteiger partial charge is 0.205 e. The van der Waals surface area contributed by atoms with Crippen molar-refractivity contribution in [2.45, 2.75) is 50.3 Å². The van der Waals surface area contributed by atoms with E-state index in [2.05, 4.69) is 36.7 Å². The number of halogens is 1. The number of Topliss-reactive ketones (excluding diaryl/α,β-unsaturated/α-hetero) is 2. The molecule has 2 N–H and O–H groups in total. The third-order valence-electron chi connectivity index (χ3n) is 10.8. The van der Waals surface area contributed by atoms with Crippen molar-refractivity contribution < 1.29 is 24.5 Å². The molecule has 12 atom stereocenters. The summed E-state index contributed by atoms with van der Waals surface area (Å²) < 4.78 is 5.97. The molecule has 2 bridgehead atoms. The molecule has 4 unspecified atom stereocenters. The fourth-order valence-electron chi connectivity index (χ4n) is 10.1. The Labute approximate surface area is 166 Å². The molecule has 2 saturated heterocycles. The predicted molar refractivity (Wildman–Crippen MR) is 96.6 cm³/mol. The van der Waals surface area contributed by atoms with E-state index in [1.165, 1.54) is 0 Å². The molecule has 0 radical (unpaired) electrons. The van der Waals surface area contributed by atoms with E-state index < -0.39 is 22.7 Å². The van der Waals surface area contributed by atoms with Crippen LogP contribution in [0.5, 0.6) is 0 Å². The van der Waals surface area contributed by atoms with Crippen LogP contribution in [0.15, 0.2) is 0 Å². The maximum Gasteiger partial charge on any atom is 0.205 e. The van der Waals surface area contributed by atoms with Gasteiger partial charge in [0, 0.05) is 11.8 Å².